The van der Waals surface area contributed by atoms with Gasteiger partial charge >= 0.3 is 0 Å². The van der Waals surface area contributed by atoms with Crippen LogP contribution in [-0.4, -0.2) is 55.6 Å². The van der Waals surface area contributed by atoms with Crippen molar-refractivity contribution in [3.63, 3.8) is 0 Å². The minimum atomic E-state index is -0.147. The van der Waals surface area contributed by atoms with Gasteiger partial charge in [0, 0.05) is 19.6 Å². The Balaban J connectivity index is 1.47. The SMILES string of the molecule is O[C@H]1CCN(CCOCCOc2ccccc2)C1. The maximum Gasteiger partial charge on any atom is 0.119 e. The highest BCUT2D eigenvalue weighted by atomic mass is 16.5. The number of aliphatic hydroxyl groups is 1. The molecule has 1 aromatic rings. The number of hydrogen-bond acceptors (Lipinski definition) is 4. The van der Waals surface area contributed by atoms with Crippen molar-refractivity contribution in [1.29, 1.82) is 0 Å². The van der Waals surface area contributed by atoms with Crippen molar-refractivity contribution in [2.45, 2.75) is 12.5 Å². The van der Waals surface area contributed by atoms with Crippen LogP contribution in [0.5, 0.6) is 5.75 Å². The van der Waals surface area contributed by atoms with Crippen LogP contribution < -0.4 is 4.74 Å². The van der Waals surface area contributed by atoms with Gasteiger partial charge in [0.2, 0.25) is 0 Å². The molecule has 1 aromatic carbocycles. The molecule has 0 radical (unpaired) electrons. The van der Waals surface area contributed by atoms with E-state index in [0.717, 1.165) is 31.8 Å². The lowest BCUT2D eigenvalue weighted by molar-refractivity contribution is 0.0810. The van der Waals surface area contributed by atoms with Gasteiger partial charge in [-0.25, -0.2) is 0 Å². The highest BCUT2D eigenvalue weighted by Gasteiger charge is 2.19. The lowest BCUT2D eigenvalue weighted by Gasteiger charge is -2.14. The first-order chi connectivity index (χ1) is 8.84. The van der Waals surface area contributed by atoms with E-state index in [-0.39, 0.29) is 6.10 Å². The minimum absolute atomic E-state index is 0.147. The highest BCUT2D eigenvalue weighted by Crippen LogP contribution is 2.08. The maximum absolute atomic E-state index is 9.36. The summed E-state index contributed by atoms with van der Waals surface area (Å²) in [5.74, 6) is 0.878. The summed E-state index contributed by atoms with van der Waals surface area (Å²) < 4.78 is 11.0. The van der Waals surface area contributed by atoms with Gasteiger partial charge in [0.1, 0.15) is 12.4 Å². The Morgan fingerprint density at radius 2 is 2.00 bits per heavy atom. The zero-order chi connectivity index (χ0) is 12.6. The molecule has 0 bridgehead atoms. The number of ether oxygens (including phenoxy) is 2. The third kappa shape index (κ3) is 4.64. The molecule has 0 spiro atoms. The Kier molecular flexibility index (Phi) is 5.45. The molecule has 0 aliphatic carbocycles. The number of nitrogens with zero attached hydrogens (tertiary/aromatic N) is 1. The maximum atomic E-state index is 9.36. The molecule has 1 N–H and O–H groups in total. The molecule has 100 valence electrons. The second-order valence-electron chi connectivity index (χ2n) is 4.52. The third-order valence-electron chi connectivity index (χ3n) is 3.04. The molecule has 0 unspecified atom stereocenters. The Hall–Kier alpha value is -1.10. The molecule has 1 saturated heterocycles. The Bertz CT molecular complexity index is 331. The Labute approximate surface area is 108 Å². The summed E-state index contributed by atoms with van der Waals surface area (Å²) in [6.45, 7) is 4.53. The van der Waals surface area contributed by atoms with Gasteiger partial charge in [-0.3, -0.25) is 4.90 Å². The van der Waals surface area contributed by atoms with E-state index in [4.69, 9.17) is 9.47 Å². The summed E-state index contributed by atoms with van der Waals surface area (Å²) in [6.07, 6.45) is 0.739. The second kappa shape index (κ2) is 7.36. The van der Waals surface area contributed by atoms with Crippen molar-refractivity contribution in [3.8, 4) is 5.75 Å². The van der Waals surface area contributed by atoms with Crippen LogP contribution in [0, 0.1) is 0 Å². The third-order valence-corrected chi connectivity index (χ3v) is 3.04. The average Bonchev–Trinajstić information content (AvgIpc) is 2.81. The molecule has 1 fully saturated rings. The first-order valence-corrected chi connectivity index (χ1v) is 6.50. The Morgan fingerprint density at radius 1 is 1.17 bits per heavy atom. The molecule has 1 aliphatic heterocycles. The molecule has 2 rings (SSSR count). The zero-order valence-electron chi connectivity index (χ0n) is 10.6. The Morgan fingerprint density at radius 3 is 2.72 bits per heavy atom. The standard InChI is InChI=1S/C14H21NO3/c16-13-6-7-15(12-13)8-9-17-10-11-18-14-4-2-1-3-5-14/h1-5,13,16H,6-12H2/t13-/m0/s1. The van der Waals surface area contributed by atoms with Crippen molar-refractivity contribution >= 4 is 0 Å². The highest BCUT2D eigenvalue weighted by molar-refractivity contribution is 5.20. The lowest BCUT2D eigenvalue weighted by Crippen LogP contribution is -2.26. The molecule has 0 amide bonds. The predicted octanol–water partition coefficient (Wildman–Crippen LogP) is 1.15. The molecule has 1 atom stereocenters. The lowest BCUT2D eigenvalue weighted by atomic mass is 10.3. The number of benzene rings is 1. The molecule has 0 saturated carbocycles. The van der Waals surface area contributed by atoms with Gasteiger partial charge in [-0.15, -0.1) is 0 Å². The summed E-state index contributed by atoms with van der Waals surface area (Å²) in [6, 6.07) is 9.74. The number of aliphatic hydroxyl groups excluding tert-OH is 1. The van der Waals surface area contributed by atoms with Gasteiger partial charge in [-0.2, -0.15) is 0 Å². The fraction of sp³-hybridized carbons (Fsp3) is 0.571. The molecule has 4 nitrogen and oxygen atoms in total. The fourth-order valence-corrected chi connectivity index (χ4v) is 2.05. The van der Waals surface area contributed by atoms with Crippen LogP contribution in [0.1, 0.15) is 6.42 Å². The zero-order valence-corrected chi connectivity index (χ0v) is 10.6. The molecule has 1 heterocycles. The van der Waals surface area contributed by atoms with Crippen molar-refractivity contribution in [1.82, 2.24) is 4.90 Å². The van der Waals surface area contributed by atoms with Crippen LogP contribution in [0.2, 0.25) is 0 Å². The summed E-state index contributed by atoms with van der Waals surface area (Å²) in [5, 5.41) is 9.36. The summed E-state index contributed by atoms with van der Waals surface area (Å²) in [5.41, 5.74) is 0. The summed E-state index contributed by atoms with van der Waals surface area (Å²) in [7, 11) is 0. The van der Waals surface area contributed by atoms with Gasteiger partial charge in [0.25, 0.3) is 0 Å². The van der Waals surface area contributed by atoms with Gasteiger partial charge in [-0.1, -0.05) is 18.2 Å². The van der Waals surface area contributed by atoms with Crippen molar-refractivity contribution in [2.75, 3.05) is 39.5 Å². The topological polar surface area (TPSA) is 41.9 Å². The number of hydrogen-bond donors (Lipinski definition) is 1. The van der Waals surface area contributed by atoms with E-state index in [1.165, 1.54) is 0 Å². The number of rotatable bonds is 7. The summed E-state index contributed by atoms with van der Waals surface area (Å²) >= 11 is 0. The van der Waals surface area contributed by atoms with Crippen LogP contribution in [0.15, 0.2) is 30.3 Å². The summed E-state index contributed by atoms with van der Waals surface area (Å²) in [4.78, 5) is 2.22. The fourth-order valence-electron chi connectivity index (χ4n) is 2.05. The second-order valence-corrected chi connectivity index (χ2v) is 4.52. The quantitative estimate of drug-likeness (QED) is 0.738. The molecule has 0 aromatic heterocycles. The smallest absolute Gasteiger partial charge is 0.119 e. The van der Waals surface area contributed by atoms with E-state index < -0.39 is 0 Å². The normalized spacial score (nSPS) is 20.2. The monoisotopic (exact) mass is 251 g/mol. The molecular weight excluding hydrogens is 230 g/mol. The van der Waals surface area contributed by atoms with Crippen LogP contribution in [0.3, 0.4) is 0 Å². The molecule has 4 heteroatoms. The average molecular weight is 251 g/mol. The van der Waals surface area contributed by atoms with Gasteiger partial charge in [0.15, 0.2) is 0 Å². The van der Waals surface area contributed by atoms with E-state index >= 15 is 0 Å². The largest absolute Gasteiger partial charge is 0.491 e. The van der Waals surface area contributed by atoms with Crippen molar-refractivity contribution < 1.29 is 14.6 Å². The van der Waals surface area contributed by atoms with Gasteiger partial charge in [-0.05, 0) is 18.6 Å². The van der Waals surface area contributed by atoms with Crippen LogP contribution in [0.25, 0.3) is 0 Å². The first kappa shape index (κ1) is 13.3. The van der Waals surface area contributed by atoms with E-state index in [0.29, 0.717) is 19.8 Å². The van der Waals surface area contributed by atoms with Crippen molar-refractivity contribution in [2.24, 2.45) is 0 Å². The van der Waals surface area contributed by atoms with E-state index in [9.17, 15) is 5.11 Å². The van der Waals surface area contributed by atoms with E-state index in [1.807, 2.05) is 30.3 Å². The van der Waals surface area contributed by atoms with Gasteiger partial charge in [0.05, 0.1) is 19.3 Å². The van der Waals surface area contributed by atoms with E-state index in [1.54, 1.807) is 0 Å². The van der Waals surface area contributed by atoms with Crippen LogP contribution >= 0.6 is 0 Å². The van der Waals surface area contributed by atoms with E-state index in [2.05, 4.69) is 4.90 Å². The van der Waals surface area contributed by atoms with Crippen molar-refractivity contribution in [3.05, 3.63) is 30.3 Å². The molecule has 1 aliphatic rings. The minimum Gasteiger partial charge on any atom is -0.491 e. The molecule has 18 heavy (non-hydrogen) atoms. The number of β-amino-alcohol motifs (C(OH)–C–C–N with tert-alkyl or cyclic N) is 1. The number of para-hydroxylation sites is 1. The van der Waals surface area contributed by atoms with Crippen LogP contribution in [0.4, 0.5) is 0 Å². The first-order valence-electron chi connectivity index (χ1n) is 6.50. The molecular formula is C14H21NO3. The van der Waals surface area contributed by atoms with Gasteiger partial charge < -0.3 is 14.6 Å². The predicted molar refractivity (Wildman–Crippen MR) is 69.8 cm³/mol. The number of likely N-dealkylation sites (tertiary alicyclic amines) is 1. The van der Waals surface area contributed by atoms with Crippen LogP contribution in [-0.2, 0) is 4.74 Å².